The van der Waals surface area contributed by atoms with Crippen LogP contribution in [-0.2, 0) is 14.9 Å². The van der Waals surface area contributed by atoms with Gasteiger partial charge in [-0.2, -0.15) is 0 Å². The first-order valence-electron chi connectivity index (χ1n) is 9.62. The standard InChI is InChI=1S/C20H30BrN3O2/c1-3-22-19(24-15(2)12-26-16-8-11-25-13-16)23-14-20(9-10-20)17-6-4-5-7-18(17)21/h4-7,15-16H,3,8-14H2,1-2H3,(H2,22,23,24). The van der Waals surface area contributed by atoms with Gasteiger partial charge in [-0.25, -0.2) is 0 Å². The van der Waals surface area contributed by atoms with Crippen molar-refractivity contribution in [3.05, 3.63) is 34.3 Å². The third-order valence-corrected chi connectivity index (χ3v) is 5.73. The maximum atomic E-state index is 5.91. The lowest BCUT2D eigenvalue weighted by Crippen LogP contribution is -2.45. The summed E-state index contributed by atoms with van der Waals surface area (Å²) in [6, 6.07) is 8.71. The third-order valence-electron chi connectivity index (χ3n) is 5.04. The molecular formula is C20H30BrN3O2. The Bertz CT molecular complexity index is 613. The molecule has 1 aromatic carbocycles. The van der Waals surface area contributed by atoms with Crippen molar-refractivity contribution in [1.29, 1.82) is 0 Å². The van der Waals surface area contributed by atoms with Crippen molar-refractivity contribution in [3.63, 3.8) is 0 Å². The van der Waals surface area contributed by atoms with Crippen LogP contribution in [0.15, 0.2) is 33.7 Å². The molecule has 2 N–H and O–H groups in total. The number of ether oxygens (including phenoxy) is 2. The van der Waals surface area contributed by atoms with Gasteiger partial charge in [0.2, 0.25) is 0 Å². The molecule has 144 valence electrons. The summed E-state index contributed by atoms with van der Waals surface area (Å²) in [5.74, 6) is 0.865. The molecule has 26 heavy (non-hydrogen) atoms. The van der Waals surface area contributed by atoms with Crippen LogP contribution >= 0.6 is 15.9 Å². The predicted octanol–water partition coefficient (Wildman–Crippen LogP) is 3.23. The molecule has 1 saturated heterocycles. The second-order valence-corrected chi connectivity index (χ2v) is 8.17. The highest BCUT2D eigenvalue weighted by Crippen LogP contribution is 2.50. The Morgan fingerprint density at radius 1 is 1.42 bits per heavy atom. The molecule has 0 aromatic heterocycles. The Labute approximate surface area is 165 Å². The number of halogens is 1. The van der Waals surface area contributed by atoms with E-state index >= 15 is 0 Å². The number of nitrogens with one attached hydrogen (secondary N) is 2. The molecule has 6 heteroatoms. The first-order valence-corrected chi connectivity index (χ1v) is 10.4. The minimum Gasteiger partial charge on any atom is -0.379 e. The van der Waals surface area contributed by atoms with E-state index in [1.165, 1.54) is 22.9 Å². The van der Waals surface area contributed by atoms with Crippen molar-refractivity contribution < 1.29 is 9.47 Å². The van der Waals surface area contributed by atoms with E-state index < -0.39 is 0 Å². The Hall–Kier alpha value is -1.11. The number of nitrogens with zero attached hydrogens (tertiary/aromatic N) is 1. The smallest absolute Gasteiger partial charge is 0.191 e. The number of rotatable bonds is 8. The van der Waals surface area contributed by atoms with Crippen LogP contribution in [-0.4, -0.2) is 51.0 Å². The highest BCUT2D eigenvalue weighted by Gasteiger charge is 2.45. The molecule has 0 amide bonds. The molecule has 2 aliphatic rings. The number of hydrogen-bond donors (Lipinski definition) is 2. The summed E-state index contributed by atoms with van der Waals surface area (Å²) < 4.78 is 12.5. The Morgan fingerprint density at radius 2 is 2.23 bits per heavy atom. The molecule has 2 unspecified atom stereocenters. The van der Waals surface area contributed by atoms with Gasteiger partial charge in [0.1, 0.15) is 0 Å². The molecular weight excluding hydrogens is 394 g/mol. The van der Waals surface area contributed by atoms with Gasteiger partial charge in [0.05, 0.1) is 25.9 Å². The van der Waals surface area contributed by atoms with E-state index in [1.54, 1.807) is 0 Å². The SMILES string of the molecule is CCNC(=NCC1(c2ccccc2Br)CC1)NC(C)COC1CCOC1. The zero-order chi connectivity index (χ0) is 18.4. The van der Waals surface area contributed by atoms with Crippen molar-refractivity contribution in [1.82, 2.24) is 10.6 Å². The lowest BCUT2D eigenvalue weighted by atomic mass is 9.96. The van der Waals surface area contributed by atoms with E-state index in [0.29, 0.717) is 6.61 Å². The molecule has 5 nitrogen and oxygen atoms in total. The van der Waals surface area contributed by atoms with Crippen LogP contribution < -0.4 is 10.6 Å². The normalized spacial score (nSPS) is 22.9. The second kappa shape index (κ2) is 9.20. The lowest BCUT2D eigenvalue weighted by molar-refractivity contribution is 0.0347. The minimum absolute atomic E-state index is 0.184. The molecule has 1 aliphatic heterocycles. The molecule has 1 aromatic rings. The topological polar surface area (TPSA) is 54.9 Å². The zero-order valence-corrected chi connectivity index (χ0v) is 17.3. The van der Waals surface area contributed by atoms with Crippen LogP contribution in [0.25, 0.3) is 0 Å². The Kier molecular flexibility index (Phi) is 6.95. The van der Waals surface area contributed by atoms with Gasteiger partial charge in [-0.05, 0) is 44.7 Å². The third kappa shape index (κ3) is 5.21. The molecule has 2 atom stereocenters. The van der Waals surface area contributed by atoms with Crippen molar-refractivity contribution in [2.24, 2.45) is 4.99 Å². The number of guanidine groups is 1. The largest absolute Gasteiger partial charge is 0.379 e. The number of benzene rings is 1. The summed E-state index contributed by atoms with van der Waals surface area (Å²) in [5, 5.41) is 6.82. The van der Waals surface area contributed by atoms with Gasteiger partial charge >= 0.3 is 0 Å². The zero-order valence-electron chi connectivity index (χ0n) is 15.8. The maximum Gasteiger partial charge on any atom is 0.191 e. The summed E-state index contributed by atoms with van der Waals surface area (Å²) in [6.45, 7) is 8.06. The van der Waals surface area contributed by atoms with Gasteiger partial charge in [0.25, 0.3) is 0 Å². The first kappa shape index (κ1) is 19.6. The van der Waals surface area contributed by atoms with E-state index in [-0.39, 0.29) is 17.6 Å². The van der Waals surface area contributed by atoms with E-state index in [2.05, 4.69) is 64.7 Å². The van der Waals surface area contributed by atoms with Crippen LogP contribution in [0.4, 0.5) is 0 Å². The van der Waals surface area contributed by atoms with E-state index in [4.69, 9.17) is 14.5 Å². The summed E-state index contributed by atoms with van der Waals surface area (Å²) in [7, 11) is 0. The molecule has 2 fully saturated rings. The summed E-state index contributed by atoms with van der Waals surface area (Å²) >= 11 is 3.70. The molecule has 0 spiro atoms. The molecule has 1 heterocycles. The monoisotopic (exact) mass is 423 g/mol. The van der Waals surface area contributed by atoms with Gasteiger partial charge in [0.15, 0.2) is 5.96 Å². The minimum atomic E-state index is 0.184. The first-order chi connectivity index (χ1) is 12.6. The van der Waals surface area contributed by atoms with Crippen LogP contribution in [0, 0.1) is 0 Å². The quantitative estimate of drug-likeness (QED) is 0.497. The highest BCUT2D eigenvalue weighted by atomic mass is 79.9. The van der Waals surface area contributed by atoms with Gasteiger partial charge in [-0.3, -0.25) is 4.99 Å². The average molecular weight is 424 g/mol. The van der Waals surface area contributed by atoms with Crippen LogP contribution in [0.3, 0.4) is 0 Å². The fourth-order valence-electron chi connectivity index (χ4n) is 3.31. The summed E-state index contributed by atoms with van der Waals surface area (Å²) in [6.07, 6.45) is 3.62. The summed E-state index contributed by atoms with van der Waals surface area (Å²) in [5.41, 5.74) is 1.56. The van der Waals surface area contributed by atoms with Gasteiger partial charge in [0, 0.05) is 29.1 Å². The highest BCUT2D eigenvalue weighted by molar-refractivity contribution is 9.10. The fraction of sp³-hybridized carbons (Fsp3) is 0.650. The Morgan fingerprint density at radius 3 is 2.88 bits per heavy atom. The molecule has 1 saturated carbocycles. The predicted molar refractivity (Wildman–Crippen MR) is 109 cm³/mol. The van der Waals surface area contributed by atoms with Crippen LogP contribution in [0.2, 0.25) is 0 Å². The molecule has 3 rings (SSSR count). The fourth-order valence-corrected chi connectivity index (χ4v) is 4.01. The lowest BCUT2D eigenvalue weighted by Gasteiger charge is -2.21. The summed E-state index contributed by atoms with van der Waals surface area (Å²) in [4.78, 5) is 4.88. The van der Waals surface area contributed by atoms with Crippen LogP contribution in [0.1, 0.15) is 38.7 Å². The van der Waals surface area contributed by atoms with E-state index in [0.717, 1.165) is 38.7 Å². The van der Waals surface area contributed by atoms with E-state index in [1.807, 2.05) is 0 Å². The van der Waals surface area contributed by atoms with Gasteiger partial charge in [-0.15, -0.1) is 0 Å². The van der Waals surface area contributed by atoms with Crippen molar-refractivity contribution in [2.75, 3.05) is 32.9 Å². The van der Waals surface area contributed by atoms with Crippen molar-refractivity contribution in [2.45, 2.75) is 50.7 Å². The second-order valence-electron chi connectivity index (χ2n) is 7.32. The molecule has 1 aliphatic carbocycles. The van der Waals surface area contributed by atoms with Crippen LogP contribution in [0.5, 0.6) is 0 Å². The molecule has 0 radical (unpaired) electrons. The van der Waals surface area contributed by atoms with Gasteiger partial charge in [-0.1, -0.05) is 34.1 Å². The van der Waals surface area contributed by atoms with Crippen molar-refractivity contribution in [3.8, 4) is 0 Å². The van der Waals surface area contributed by atoms with E-state index in [9.17, 15) is 0 Å². The van der Waals surface area contributed by atoms with Crippen molar-refractivity contribution >= 4 is 21.9 Å². The maximum absolute atomic E-state index is 5.91. The Balaban J connectivity index is 1.55. The number of hydrogen-bond acceptors (Lipinski definition) is 3. The number of aliphatic imine (C=N–C) groups is 1. The molecule has 0 bridgehead atoms. The average Bonchev–Trinajstić information content (AvgIpc) is 3.23. The van der Waals surface area contributed by atoms with Gasteiger partial charge < -0.3 is 20.1 Å².